The number of sulfonamides is 2. The number of hydrogen-bond acceptors (Lipinski definition) is 15. The number of nitrogen functional groups attached to an aromatic ring is 1. The Hall–Kier alpha value is -6.46. The first-order valence-electron chi connectivity index (χ1n) is 25.1. The van der Waals surface area contributed by atoms with Gasteiger partial charge in [0.15, 0.2) is 0 Å². The van der Waals surface area contributed by atoms with Crippen LogP contribution in [0.3, 0.4) is 0 Å². The summed E-state index contributed by atoms with van der Waals surface area (Å²) in [5.41, 5.74) is 6.18. The van der Waals surface area contributed by atoms with Gasteiger partial charge in [0.25, 0.3) is 5.69 Å². The van der Waals surface area contributed by atoms with Crippen molar-refractivity contribution < 1.29 is 48.8 Å². The fraction of sp³-hybridized carbons (Fsp3) is 0.385. The van der Waals surface area contributed by atoms with Gasteiger partial charge < -0.3 is 25.0 Å². The predicted molar refractivity (Wildman–Crippen MR) is 297 cm³/mol. The summed E-state index contributed by atoms with van der Waals surface area (Å²) in [5.74, 6) is -3.99. The van der Waals surface area contributed by atoms with E-state index in [-0.39, 0.29) is 101 Å². The number of ether oxygens (including phenoxy) is 2. The summed E-state index contributed by atoms with van der Waals surface area (Å²) < 4.78 is 125. The van der Waals surface area contributed by atoms with Crippen LogP contribution in [0.4, 0.5) is 40.3 Å². The van der Waals surface area contributed by atoms with Crippen molar-refractivity contribution >= 4 is 74.7 Å². The third-order valence-corrected chi connectivity index (χ3v) is 19.4. The number of halogens is 6. The number of nitro benzene ring substituents is 1. The molecule has 2 N–H and O–H groups in total. The molecule has 0 bridgehead atoms. The van der Waals surface area contributed by atoms with Crippen molar-refractivity contribution in [2.45, 2.75) is 51.0 Å². The van der Waals surface area contributed by atoms with E-state index in [4.69, 9.17) is 15.2 Å². The molecule has 4 aliphatic rings. The molecule has 10 rings (SSSR count). The van der Waals surface area contributed by atoms with Gasteiger partial charge in [-0.05, 0) is 111 Å². The highest BCUT2D eigenvalue weighted by Crippen LogP contribution is 2.46. The lowest BCUT2D eigenvalue weighted by atomic mass is 10.2. The molecule has 4 heterocycles. The first kappa shape index (κ1) is 58.2. The van der Waals surface area contributed by atoms with E-state index in [0.717, 1.165) is 59.3 Å². The number of anilines is 3. The molecule has 2 aliphatic carbocycles. The Morgan fingerprint density at radius 2 is 0.975 bits per heavy atom. The lowest BCUT2D eigenvalue weighted by molar-refractivity contribution is -0.385. The maximum atomic E-state index is 13.9. The van der Waals surface area contributed by atoms with E-state index < -0.39 is 65.1 Å². The molecule has 0 unspecified atom stereocenters. The average Bonchev–Trinajstić information content (AvgIpc) is 4.34. The van der Waals surface area contributed by atoms with Gasteiger partial charge in [0.1, 0.15) is 34.6 Å². The van der Waals surface area contributed by atoms with E-state index in [9.17, 15) is 54.1 Å². The first-order chi connectivity index (χ1) is 37.8. The van der Waals surface area contributed by atoms with Gasteiger partial charge in [0.05, 0.1) is 57.9 Å². The molecule has 80 heavy (non-hydrogen) atoms. The predicted octanol–water partition coefficient (Wildman–Crippen LogP) is 7.70. The number of nitrogens with two attached hydrogens (primary N) is 1. The van der Waals surface area contributed by atoms with Gasteiger partial charge in [-0.15, -0.1) is 0 Å². The highest BCUT2D eigenvalue weighted by atomic mass is 79.9. The summed E-state index contributed by atoms with van der Waals surface area (Å²) >= 11 is 6.41. The summed E-state index contributed by atoms with van der Waals surface area (Å²) in [6.07, 6.45) is 6.61. The van der Waals surface area contributed by atoms with Gasteiger partial charge in [-0.3, -0.25) is 19.7 Å². The van der Waals surface area contributed by atoms with Crippen LogP contribution in [0.15, 0.2) is 104 Å². The molecule has 0 radical (unpaired) electrons. The summed E-state index contributed by atoms with van der Waals surface area (Å²) in [7, 11) is -7.41. The van der Waals surface area contributed by atoms with Crippen molar-refractivity contribution in [3.05, 3.63) is 159 Å². The summed E-state index contributed by atoms with van der Waals surface area (Å²) in [5, 5.41) is 19.5. The number of benzene rings is 4. The van der Waals surface area contributed by atoms with Crippen molar-refractivity contribution in [1.82, 2.24) is 28.2 Å². The van der Waals surface area contributed by atoms with Gasteiger partial charge >= 0.3 is 11.1 Å². The summed E-state index contributed by atoms with van der Waals surface area (Å²) in [6.45, 7) is 6.27. The van der Waals surface area contributed by atoms with Crippen LogP contribution in [0.1, 0.15) is 50.7 Å². The molecule has 28 heteroatoms. The molecule has 426 valence electrons. The van der Waals surface area contributed by atoms with Crippen molar-refractivity contribution in [3.8, 4) is 22.9 Å². The molecule has 6 aromatic rings. The maximum absolute atomic E-state index is 13.9. The number of aromatic nitrogens is 4. The smallest absolute Gasteiger partial charge is 0.316 e. The van der Waals surface area contributed by atoms with Crippen LogP contribution in [0, 0.1) is 44.2 Å². The number of nitro groups is 1. The van der Waals surface area contributed by atoms with Crippen LogP contribution in [-0.2, 0) is 31.6 Å². The minimum Gasteiger partial charge on any atom is -0.486 e. The van der Waals surface area contributed by atoms with Gasteiger partial charge in [-0.1, -0.05) is 26.0 Å². The highest BCUT2D eigenvalue weighted by Gasteiger charge is 2.40. The van der Waals surface area contributed by atoms with Crippen molar-refractivity contribution in [1.29, 1.82) is 0 Å². The Bertz CT molecular complexity index is 3680. The van der Waals surface area contributed by atoms with Crippen molar-refractivity contribution in [2.75, 3.05) is 81.1 Å². The van der Waals surface area contributed by atoms with Gasteiger partial charge in [-0.2, -0.15) is 28.2 Å². The molecule has 4 fully saturated rings. The number of piperazine rings is 2. The van der Waals surface area contributed by atoms with E-state index >= 15 is 0 Å². The zero-order chi connectivity index (χ0) is 57.5. The standard InChI is InChI=1S/C26H26BrF2N5O6S.C26H28BrF2N5O4S/c1-26(4-5-26)16-40-24-23(14-30-33(25(24)35)20-12-18(28)11-19(29)13-20)31-6-8-32(9-7-31)41(38,39)15-17-2-3-21(27)22(10-17)34(36)37;1-26(4-5-26)16-38-24-23(14-31-34(25(24)35)20-12-18(28)11-19(29)13-20)32-6-8-33(9-7-32)39(36,37)15-17-2-3-21(27)22(30)10-17/h2-3,10-14H,4-9,15-16H2,1H3;2-3,10-14H,4-9,15-16,30H2,1H3. The lowest BCUT2D eigenvalue weighted by Crippen LogP contribution is -2.49. The fourth-order valence-corrected chi connectivity index (χ4v) is 12.6. The minimum atomic E-state index is -3.80. The van der Waals surface area contributed by atoms with Crippen LogP contribution < -0.4 is 36.1 Å². The van der Waals surface area contributed by atoms with Gasteiger partial charge in [-0.25, -0.2) is 34.4 Å². The topological polar surface area (TPSA) is 239 Å². The molecular formula is C52H54Br2F4N10O10S2. The van der Waals surface area contributed by atoms with Gasteiger partial charge in [0, 0.05) is 91.5 Å². The monoisotopic (exact) mass is 1280 g/mol. The summed E-state index contributed by atoms with van der Waals surface area (Å²) in [4.78, 5) is 41.2. The van der Waals surface area contributed by atoms with Crippen LogP contribution in [0.2, 0.25) is 0 Å². The zero-order valence-electron chi connectivity index (χ0n) is 43.2. The molecule has 2 aromatic heterocycles. The maximum Gasteiger partial charge on any atom is 0.316 e. The molecular weight excluding hydrogens is 1220 g/mol. The van der Waals surface area contributed by atoms with E-state index in [1.54, 1.807) is 23.1 Å². The Balaban J connectivity index is 0.000000194. The van der Waals surface area contributed by atoms with Crippen LogP contribution in [0.5, 0.6) is 11.5 Å². The van der Waals surface area contributed by atoms with Crippen LogP contribution in [-0.4, -0.2) is 116 Å². The molecule has 0 spiro atoms. The molecule has 20 nitrogen and oxygen atoms in total. The Morgan fingerprint density at radius 3 is 1.34 bits per heavy atom. The largest absolute Gasteiger partial charge is 0.486 e. The van der Waals surface area contributed by atoms with Crippen molar-refractivity contribution in [2.24, 2.45) is 10.8 Å². The van der Waals surface area contributed by atoms with Gasteiger partial charge in [0.2, 0.25) is 31.5 Å². The Morgan fingerprint density at radius 1 is 0.600 bits per heavy atom. The SMILES string of the molecule is CC1(COc2c(N3CCN(S(=O)(=O)Cc4ccc(Br)c(N)c4)CC3)cnn(-c3cc(F)cc(F)c3)c2=O)CC1.CC1(COc2c(N3CCN(S(=O)(=O)Cc4ccc(Br)c([N+](=O)[O-])c4)CC3)cnn(-c3cc(F)cc(F)c3)c2=O)CC1. The molecule has 4 aromatic carbocycles. The second kappa shape index (κ2) is 23.2. The molecule has 2 saturated heterocycles. The third kappa shape index (κ3) is 13.6. The molecule has 0 atom stereocenters. The minimum absolute atomic E-state index is 0.0180. The van der Waals surface area contributed by atoms with E-state index in [1.807, 2.05) is 11.8 Å². The quantitative estimate of drug-likeness (QED) is 0.0398. The third-order valence-electron chi connectivity index (χ3n) is 14.3. The highest BCUT2D eigenvalue weighted by molar-refractivity contribution is 9.11. The Kier molecular flexibility index (Phi) is 16.9. The Labute approximate surface area is 474 Å². The fourth-order valence-electron chi connectivity index (χ4n) is 8.97. The zero-order valence-corrected chi connectivity index (χ0v) is 48.0. The van der Waals surface area contributed by atoms with Crippen LogP contribution >= 0.6 is 31.9 Å². The number of hydrogen-bond donors (Lipinski definition) is 1. The van der Waals surface area contributed by atoms with E-state index in [0.29, 0.717) is 58.9 Å². The lowest BCUT2D eigenvalue weighted by Gasteiger charge is -2.35. The normalized spacial score (nSPS) is 17.1. The van der Waals surface area contributed by atoms with Crippen molar-refractivity contribution in [3.63, 3.8) is 0 Å². The van der Waals surface area contributed by atoms with Crippen LogP contribution in [0.25, 0.3) is 11.4 Å². The molecule has 2 saturated carbocycles. The number of nitrogens with zero attached hydrogens (tertiary/aromatic N) is 9. The first-order valence-corrected chi connectivity index (χ1v) is 30.0. The average molecular weight is 1280 g/mol. The van der Waals surface area contributed by atoms with E-state index in [2.05, 4.69) is 49.0 Å². The molecule has 2 aliphatic heterocycles. The number of rotatable bonds is 17. The van der Waals surface area contributed by atoms with E-state index in [1.165, 1.54) is 39.2 Å². The second-order valence-electron chi connectivity index (χ2n) is 20.8. The second-order valence-corrected chi connectivity index (χ2v) is 26.4. The summed E-state index contributed by atoms with van der Waals surface area (Å²) in [6, 6.07) is 14.7. The molecule has 0 amide bonds.